The van der Waals surface area contributed by atoms with Crippen LogP contribution in [-0.4, -0.2) is 27.4 Å². The van der Waals surface area contributed by atoms with Crippen LogP contribution in [0.15, 0.2) is 42.7 Å². The number of nitrogens with one attached hydrogen (secondary N) is 2. The molecule has 3 aromatic rings. The van der Waals surface area contributed by atoms with Crippen molar-refractivity contribution in [1.29, 1.82) is 0 Å². The second-order valence-electron chi connectivity index (χ2n) is 5.24. The minimum Gasteiger partial charge on any atom is -0.481 e. The minimum atomic E-state index is -0.855. The largest absolute Gasteiger partial charge is 0.481 e. The van der Waals surface area contributed by atoms with Crippen molar-refractivity contribution in [1.82, 2.24) is 9.61 Å². The van der Waals surface area contributed by atoms with E-state index in [9.17, 15) is 4.79 Å². The summed E-state index contributed by atoms with van der Waals surface area (Å²) in [5, 5.41) is 19.8. The Balaban J connectivity index is 1.86. The van der Waals surface area contributed by atoms with Gasteiger partial charge in [0.1, 0.15) is 0 Å². The van der Waals surface area contributed by atoms with E-state index in [0.717, 1.165) is 28.0 Å². The number of hydrogen-bond acceptors (Lipinski definition) is 4. The van der Waals surface area contributed by atoms with Crippen molar-refractivity contribution < 1.29 is 9.90 Å². The number of anilines is 2. The third kappa shape index (κ3) is 1.96. The van der Waals surface area contributed by atoms with E-state index >= 15 is 0 Å². The Morgan fingerprint density at radius 1 is 1.32 bits per heavy atom. The number of fused-ring (bicyclic) bond motifs is 2. The number of benzene rings is 1. The highest BCUT2D eigenvalue weighted by atomic mass is 16.4. The Hall–Kier alpha value is -3.02. The Bertz CT molecular complexity index is 885. The summed E-state index contributed by atoms with van der Waals surface area (Å²) in [4.78, 5) is 11.0. The van der Waals surface area contributed by atoms with Crippen molar-refractivity contribution >= 4 is 22.9 Å². The summed E-state index contributed by atoms with van der Waals surface area (Å²) in [5.41, 5.74) is 5.82. The van der Waals surface area contributed by atoms with Crippen LogP contribution in [0.5, 0.6) is 0 Å². The number of para-hydroxylation sites is 1. The fourth-order valence-electron chi connectivity index (χ4n) is 2.86. The number of carbonyl (C=O) groups is 1. The third-order valence-electron chi connectivity index (χ3n) is 3.86. The van der Waals surface area contributed by atoms with Crippen molar-refractivity contribution in [2.24, 2.45) is 0 Å². The van der Waals surface area contributed by atoms with Gasteiger partial charge in [-0.1, -0.05) is 12.1 Å². The van der Waals surface area contributed by atoms with Crippen molar-refractivity contribution in [3.05, 3.63) is 48.3 Å². The summed E-state index contributed by atoms with van der Waals surface area (Å²) >= 11 is 0. The molecule has 1 aliphatic heterocycles. The molecule has 3 N–H and O–H groups in total. The summed E-state index contributed by atoms with van der Waals surface area (Å²) in [5.74, 6) is -0.855. The standard InChI is InChI=1S/C16H14N4O2/c21-15(22)7-11-8-19-20-5-4-10(6-14(11)20)12-2-1-3-13-16(12)18-9-17-13/h1-6,8,17-18H,7,9H2,(H,21,22). The van der Waals surface area contributed by atoms with Crippen molar-refractivity contribution in [3.8, 4) is 11.1 Å². The SMILES string of the molecule is O=C(O)Cc1cnn2ccc(-c3cccc4c3NCN4)cc12. The van der Waals surface area contributed by atoms with Crippen molar-refractivity contribution in [3.63, 3.8) is 0 Å². The third-order valence-corrected chi connectivity index (χ3v) is 3.86. The highest BCUT2D eigenvalue weighted by Gasteiger charge is 2.15. The van der Waals surface area contributed by atoms with Crippen LogP contribution >= 0.6 is 0 Å². The molecule has 0 unspecified atom stereocenters. The van der Waals surface area contributed by atoms with E-state index in [0.29, 0.717) is 12.2 Å². The number of carboxylic acids is 1. The maximum absolute atomic E-state index is 11.0. The number of hydrogen-bond donors (Lipinski definition) is 3. The van der Waals surface area contributed by atoms with E-state index in [1.54, 1.807) is 10.7 Å². The smallest absolute Gasteiger partial charge is 0.307 e. The summed E-state index contributed by atoms with van der Waals surface area (Å²) in [6, 6.07) is 10.1. The fraction of sp³-hybridized carbons (Fsp3) is 0.125. The summed E-state index contributed by atoms with van der Waals surface area (Å²) in [7, 11) is 0. The number of pyridine rings is 1. The van der Waals surface area contributed by atoms with Crippen LogP contribution in [-0.2, 0) is 11.2 Å². The molecule has 6 heteroatoms. The lowest BCUT2D eigenvalue weighted by Crippen LogP contribution is -2.00. The number of aliphatic carboxylic acids is 1. The zero-order valence-electron chi connectivity index (χ0n) is 11.7. The van der Waals surface area contributed by atoms with E-state index < -0.39 is 5.97 Å². The molecule has 0 amide bonds. The first-order valence-corrected chi connectivity index (χ1v) is 7.01. The summed E-state index contributed by atoms with van der Waals surface area (Å²) < 4.78 is 1.70. The van der Waals surface area contributed by atoms with Crippen molar-refractivity contribution in [2.45, 2.75) is 6.42 Å². The molecule has 1 aromatic carbocycles. The maximum atomic E-state index is 11.0. The number of carboxylic acid groups (broad SMARTS) is 1. The van der Waals surface area contributed by atoms with Gasteiger partial charge in [-0.05, 0) is 23.8 Å². The Morgan fingerprint density at radius 3 is 3.09 bits per heavy atom. The lowest BCUT2D eigenvalue weighted by Gasteiger charge is -2.09. The molecule has 6 nitrogen and oxygen atoms in total. The molecule has 110 valence electrons. The second-order valence-corrected chi connectivity index (χ2v) is 5.24. The molecule has 1 aliphatic rings. The average molecular weight is 294 g/mol. The molecule has 0 fully saturated rings. The highest BCUT2D eigenvalue weighted by Crippen LogP contribution is 2.37. The monoisotopic (exact) mass is 294 g/mol. The van der Waals surface area contributed by atoms with Gasteiger partial charge in [0.2, 0.25) is 0 Å². The van der Waals surface area contributed by atoms with Crippen LogP contribution in [0.4, 0.5) is 11.4 Å². The van der Waals surface area contributed by atoms with Gasteiger partial charge in [0.05, 0.1) is 36.2 Å². The van der Waals surface area contributed by atoms with Crippen LogP contribution in [0.2, 0.25) is 0 Å². The molecule has 0 saturated carbocycles. The predicted octanol–water partition coefficient (Wildman–Crippen LogP) is 2.42. The average Bonchev–Trinajstić information content (AvgIpc) is 3.13. The van der Waals surface area contributed by atoms with E-state index in [4.69, 9.17) is 5.11 Å². The van der Waals surface area contributed by atoms with Crippen LogP contribution in [0.3, 0.4) is 0 Å². The lowest BCUT2D eigenvalue weighted by molar-refractivity contribution is -0.136. The van der Waals surface area contributed by atoms with Gasteiger partial charge in [0.15, 0.2) is 0 Å². The van der Waals surface area contributed by atoms with Gasteiger partial charge < -0.3 is 15.7 Å². The number of rotatable bonds is 3. The molecule has 0 bridgehead atoms. The van der Waals surface area contributed by atoms with Gasteiger partial charge in [-0.15, -0.1) is 0 Å². The number of aromatic nitrogens is 2. The quantitative estimate of drug-likeness (QED) is 0.691. The lowest BCUT2D eigenvalue weighted by atomic mass is 10.0. The van der Waals surface area contributed by atoms with Crippen LogP contribution in [0.25, 0.3) is 16.6 Å². The zero-order chi connectivity index (χ0) is 15.1. The van der Waals surface area contributed by atoms with Crippen molar-refractivity contribution in [2.75, 3.05) is 17.3 Å². The minimum absolute atomic E-state index is 0.0281. The molecular weight excluding hydrogens is 280 g/mol. The molecular formula is C16H14N4O2. The first-order chi connectivity index (χ1) is 10.7. The molecule has 22 heavy (non-hydrogen) atoms. The van der Waals surface area contributed by atoms with E-state index in [2.05, 4.69) is 21.8 Å². The van der Waals surface area contributed by atoms with Gasteiger partial charge in [0.25, 0.3) is 0 Å². The van der Waals surface area contributed by atoms with Gasteiger partial charge in [-0.25, -0.2) is 4.52 Å². The second kappa shape index (κ2) is 4.77. The number of nitrogens with zero attached hydrogens (tertiary/aromatic N) is 2. The normalized spacial score (nSPS) is 12.7. The van der Waals surface area contributed by atoms with E-state index in [1.807, 2.05) is 30.5 Å². The fourth-order valence-corrected chi connectivity index (χ4v) is 2.86. The first kappa shape index (κ1) is 12.7. The topological polar surface area (TPSA) is 78.7 Å². The molecule has 0 atom stereocenters. The summed E-state index contributed by atoms with van der Waals surface area (Å²) in [6.07, 6.45) is 3.44. The molecule has 0 radical (unpaired) electrons. The Morgan fingerprint density at radius 2 is 2.23 bits per heavy atom. The first-order valence-electron chi connectivity index (χ1n) is 7.01. The van der Waals surface area contributed by atoms with Gasteiger partial charge in [-0.3, -0.25) is 4.79 Å². The highest BCUT2D eigenvalue weighted by molar-refractivity contribution is 5.90. The van der Waals surface area contributed by atoms with Gasteiger partial charge in [0, 0.05) is 17.3 Å². The molecule has 3 heterocycles. The molecule has 0 spiro atoms. The van der Waals surface area contributed by atoms with Crippen LogP contribution in [0.1, 0.15) is 5.56 Å². The van der Waals surface area contributed by atoms with Crippen LogP contribution in [0, 0.1) is 0 Å². The molecule has 0 saturated heterocycles. The summed E-state index contributed by atoms with van der Waals surface area (Å²) in [6.45, 7) is 0.714. The maximum Gasteiger partial charge on any atom is 0.307 e. The Labute approximate surface area is 126 Å². The van der Waals surface area contributed by atoms with E-state index in [-0.39, 0.29) is 6.42 Å². The molecule has 2 aromatic heterocycles. The predicted molar refractivity (Wildman–Crippen MR) is 84.1 cm³/mol. The van der Waals surface area contributed by atoms with Crippen LogP contribution < -0.4 is 10.6 Å². The zero-order valence-corrected chi connectivity index (χ0v) is 11.7. The Kier molecular flexibility index (Phi) is 2.75. The van der Waals surface area contributed by atoms with Gasteiger partial charge >= 0.3 is 5.97 Å². The van der Waals surface area contributed by atoms with Gasteiger partial charge in [-0.2, -0.15) is 5.10 Å². The van der Waals surface area contributed by atoms with E-state index in [1.165, 1.54) is 0 Å². The molecule has 0 aliphatic carbocycles. The molecule has 4 rings (SSSR count).